The van der Waals surface area contributed by atoms with Crippen LogP contribution in [0, 0.1) is 12.8 Å². The van der Waals surface area contributed by atoms with Gasteiger partial charge in [0.05, 0.1) is 17.3 Å². The predicted molar refractivity (Wildman–Crippen MR) is 133 cm³/mol. The summed E-state index contributed by atoms with van der Waals surface area (Å²) < 4.78 is 3.32. The zero-order valence-corrected chi connectivity index (χ0v) is 20.4. The minimum atomic E-state index is -0.239. The average molecular weight is 468 g/mol. The molecule has 1 aliphatic carbocycles. The number of aromatic nitrogens is 2. The summed E-state index contributed by atoms with van der Waals surface area (Å²) in [5.74, 6) is -0.0182. The van der Waals surface area contributed by atoms with Crippen molar-refractivity contribution in [1.29, 1.82) is 0 Å². The Morgan fingerprint density at radius 1 is 1.03 bits per heavy atom. The zero-order valence-electron chi connectivity index (χ0n) is 20.4. The molecule has 8 heteroatoms. The molecule has 2 fully saturated rings. The third-order valence-electron chi connectivity index (χ3n) is 7.30. The van der Waals surface area contributed by atoms with Crippen LogP contribution in [0.2, 0.25) is 0 Å². The van der Waals surface area contributed by atoms with Crippen molar-refractivity contribution in [3.05, 3.63) is 46.4 Å². The molecule has 4 rings (SSSR count). The molecule has 2 amide bonds. The molecule has 0 radical (unpaired) electrons. The molecule has 2 heterocycles. The van der Waals surface area contributed by atoms with Gasteiger partial charge >= 0.3 is 0 Å². The van der Waals surface area contributed by atoms with E-state index in [0.717, 1.165) is 37.9 Å². The first-order valence-electron chi connectivity index (χ1n) is 12.6. The average Bonchev–Trinajstić information content (AvgIpc) is 3.07. The molecule has 1 aliphatic heterocycles. The van der Waals surface area contributed by atoms with Crippen LogP contribution in [-0.4, -0.2) is 51.8 Å². The van der Waals surface area contributed by atoms with Crippen LogP contribution in [-0.2, 0) is 16.6 Å². The highest BCUT2D eigenvalue weighted by Gasteiger charge is 2.28. The van der Waals surface area contributed by atoms with Crippen molar-refractivity contribution in [2.45, 2.75) is 64.3 Å². The standard InChI is InChI=1S/C26H37N5O3/c1-19-24(26(34)31(29(19)2)22-13-7-4-8-14-22)28-23(32)15-17-30-16-9-10-20(18-30)25(33)27-21-11-5-3-6-12-21/h4,7-8,13-14,20-21H,3,5-6,9-12,15-18H2,1-2H3,(H,27,33)(H,28,32). The Balaban J connectivity index is 1.31. The molecule has 1 aromatic heterocycles. The summed E-state index contributed by atoms with van der Waals surface area (Å²) in [5, 5.41) is 6.09. The van der Waals surface area contributed by atoms with Crippen LogP contribution < -0.4 is 16.2 Å². The van der Waals surface area contributed by atoms with Gasteiger partial charge in [-0.1, -0.05) is 37.5 Å². The minimum Gasteiger partial charge on any atom is -0.353 e. The molecule has 2 aromatic rings. The Morgan fingerprint density at radius 3 is 2.50 bits per heavy atom. The van der Waals surface area contributed by atoms with Crippen LogP contribution in [0.25, 0.3) is 5.69 Å². The summed E-state index contributed by atoms with van der Waals surface area (Å²) >= 11 is 0. The van der Waals surface area contributed by atoms with E-state index >= 15 is 0 Å². The van der Waals surface area contributed by atoms with Gasteiger partial charge in [0.25, 0.3) is 5.56 Å². The highest BCUT2D eigenvalue weighted by Crippen LogP contribution is 2.21. The van der Waals surface area contributed by atoms with Gasteiger partial charge in [-0.05, 0) is 51.3 Å². The molecular weight excluding hydrogens is 430 g/mol. The molecule has 1 unspecified atom stereocenters. The molecule has 184 valence electrons. The van der Waals surface area contributed by atoms with Crippen molar-refractivity contribution in [3.63, 3.8) is 0 Å². The number of piperidine rings is 1. The van der Waals surface area contributed by atoms with Gasteiger partial charge in [0.15, 0.2) is 0 Å². The van der Waals surface area contributed by atoms with Crippen LogP contribution in [0.15, 0.2) is 35.1 Å². The first-order chi connectivity index (χ1) is 16.4. The number of para-hydroxylation sites is 1. The molecule has 34 heavy (non-hydrogen) atoms. The van der Waals surface area contributed by atoms with E-state index in [1.807, 2.05) is 44.3 Å². The maximum Gasteiger partial charge on any atom is 0.295 e. The third-order valence-corrected chi connectivity index (χ3v) is 7.30. The lowest BCUT2D eigenvalue weighted by molar-refractivity contribution is -0.127. The number of rotatable bonds is 7. The molecule has 1 saturated carbocycles. The number of benzene rings is 1. The van der Waals surface area contributed by atoms with Crippen molar-refractivity contribution in [2.75, 3.05) is 25.0 Å². The summed E-state index contributed by atoms with van der Waals surface area (Å²) in [5.41, 5.74) is 1.54. The Kier molecular flexibility index (Phi) is 7.88. The number of carbonyl (C=O) groups is 2. The van der Waals surface area contributed by atoms with Crippen molar-refractivity contribution < 1.29 is 9.59 Å². The number of anilines is 1. The fourth-order valence-electron chi connectivity index (χ4n) is 5.21. The van der Waals surface area contributed by atoms with Gasteiger partial charge in [-0.25, -0.2) is 4.68 Å². The summed E-state index contributed by atoms with van der Waals surface area (Å²) in [6, 6.07) is 9.72. The second-order valence-corrected chi connectivity index (χ2v) is 9.72. The number of nitrogens with zero attached hydrogens (tertiary/aromatic N) is 3. The Bertz CT molecular complexity index is 1050. The Labute approximate surface area is 201 Å². The lowest BCUT2D eigenvalue weighted by Gasteiger charge is -2.33. The zero-order chi connectivity index (χ0) is 24.1. The first-order valence-corrected chi connectivity index (χ1v) is 12.6. The summed E-state index contributed by atoms with van der Waals surface area (Å²) in [4.78, 5) is 40.7. The fraction of sp³-hybridized carbons (Fsp3) is 0.577. The molecule has 1 saturated heterocycles. The van der Waals surface area contributed by atoms with Crippen LogP contribution in [0.5, 0.6) is 0 Å². The van der Waals surface area contributed by atoms with E-state index in [-0.39, 0.29) is 29.7 Å². The summed E-state index contributed by atoms with van der Waals surface area (Å²) in [6.07, 6.45) is 8.01. The smallest absolute Gasteiger partial charge is 0.295 e. The van der Waals surface area contributed by atoms with E-state index < -0.39 is 0 Å². The molecular formula is C26H37N5O3. The summed E-state index contributed by atoms with van der Waals surface area (Å²) in [7, 11) is 1.81. The lowest BCUT2D eigenvalue weighted by Crippen LogP contribution is -2.46. The number of hydrogen-bond acceptors (Lipinski definition) is 4. The first kappa shape index (κ1) is 24.3. The van der Waals surface area contributed by atoms with E-state index in [2.05, 4.69) is 15.5 Å². The molecule has 2 aliphatic rings. The van der Waals surface area contributed by atoms with E-state index in [1.54, 1.807) is 9.36 Å². The summed E-state index contributed by atoms with van der Waals surface area (Å²) in [6.45, 7) is 4.00. The van der Waals surface area contributed by atoms with E-state index in [1.165, 1.54) is 19.3 Å². The van der Waals surface area contributed by atoms with E-state index in [0.29, 0.717) is 30.5 Å². The van der Waals surface area contributed by atoms with Gasteiger partial charge in [0.1, 0.15) is 5.69 Å². The van der Waals surface area contributed by atoms with Crippen LogP contribution in [0.4, 0.5) is 5.69 Å². The molecule has 1 aromatic carbocycles. The second-order valence-electron chi connectivity index (χ2n) is 9.72. The molecule has 2 N–H and O–H groups in total. The van der Waals surface area contributed by atoms with Crippen LogP contribution >= 0.6 is 0 Å². The van der Waals surface area contributed by atoms with Gasteiger partial charge in [0.2, 0.25) is 11.8 Å². The van der Waals surface area contributed by atoms with E-state index in [9.17, 15) is 14.4 Å². The normalized spacial score (nSPS) is 19.6. The highest BCUT2D eigenvalue weighted by molar-refractivity contribution is 5.91. The molecule has 0 spiro atoms. The predicted octanol–water partition coefficient (Wildman–Crippen LogP) is 2.97. The number of hydrogen-bond donors (Lipinski definition) is 2. The van der Waals surface area contributed by atoms with Gasteiger partial charge in [0, 0.05) is 32.6 Å². The highest BCUT2D eigenvalue weighted by atomic mass is 16.2. The number of nitrogens with one attached hydrogen (secondary N) is 2. The molecule has 8 nitrogen and oxygen atoms in total. The quantitative estimate of drug-likeness (QED) is 0.655. The lowest BCUT2D eigenvalue weighted by atomic mass is 9.93. The van der Waals surface area contributed by atoms with Gasteiger partial charge in [-0.3, -0.25) is 19.1 Å². The maximum absolute atomic E-state index is 13.0. The number of carbonyl (C=O) groups excluding carboxylic acids is 2. The van der Waals surface area contributed by atoms with Gasteiger partial charge in [-0.15, -0.1) is 0 Å². The van der Waals surface area contributed by atoms with Gasteiger partial charge in [-0.2, -0.15) is 0 Å². The Hall–Kier alpha value is -2.87. The monoisotopic (exact) mass is 467 g/mol. The maximum atomic E-state index is 13.0. The minimum absolute atomic E-state index is 0.00631. The van der Waals surface area contributed by atoms with Crippen molar-refractivity contribution in [2.24, 2.45) is 13.0 Å². The van der Waals surface area contributed by atoms with Crippen LogP contribution in [0.1, 0.15) is 57.1 Å². The van der Waals surface area contributed by atoms with Crippen molar-refractivity contribution in [1.82, 2.24) is 19.6 Å². The topological polar surface area (TPSA) is 88.4 Å². The largest absolute Gasteiger partial charge is 0.353 e. The Morgan fingerprint density at radius 2 is 1.76 bits per heavy atom. The number of likely N-dealkylation sites (tertiary alicyclic amines) is 1. The SMILES string of the molecule is Cc1c(NC(=O)CCN2CCCC(C(=O)NC3CCCCC3)C2)c(=O)n(-c2ccccc2)n1C. The second kappa shape index (κ2) is 11.0. The van der Waals surface area contributed by atoms with Crippen molar-refractivity contribution >= 4 is 17.5 Å². The fourth-order valence-corrected chi connectivity index (χ4v) is 5.21. The number of amides is 2. The van der Waals surface area contributed by atoms with Crippen molar-refractivity contribution in [3.8, 4) is 5.69 Å². The third kappa shape index (κ3) is 5.60. The molecule has 0 bridgehead atoms. The van der Waals surface area contributed by atoms with Gasteiger partial charge < -0.3 is 15.5 Å². The molecule has 1 atom stereocenters. The van der Waals surface area contributed by atoms with E-state index in [4.69, 9.17) is 0 Å². The van der Waals surface area contributed by atoms with Crippen LogP contribution in [0.3, 0.4) is 0 Å².